The summed E-state index contributed by atoms with van der Waals surface area (Å²) in [7, 11) is 0. The van der Waals surface area contributed by atoms with Crippen molar-refractivity contribution in [1.82, 2.24) is 9.80 Å². The van der Waals surface area contributed by atoms with E-state index in [1.165, 1.54) is 31.5 Å². The summed E-state index contributed by atoms with van der Waals surface area (Å²) in [5, 5.41) is 11.0. The van der Waals surface area contributed by atoms with E-state index in [2.05, 4.69) is 71.3 Å². The third-order valence-electron chi connectivity index (χ3n) is 10.4. The number of allylic oxidation sites excluding steroid dienone is 2. The van der Waals surface area contributed by atoms with Gasteiger partial charge in [-0.3, -0.25) is 4.79 Å². The van der Waals surface area contributed by atoms with E-state index in [9.17, 15) is 9.90 Å². The summed E-state index contributed by atoms with van der Waals surface area (Å²) in [6, 6.07) is 0. The zero-order valence-electron chi connectivity index (χ0n) is 24.3. The number of rotatable bonds is 8. The molecule has 4 heteroatoms. The molecule has 1 aliphatic carbocycles. The number of carboxylic acid groups (broad SMARTS) is 1. The molecule has 3 aliphatic rings. The van der Waals surface area contributed by atoms with Gasteiger partial charge in [-0.15, -0.1) is 0 Å². The maximum atomic E-state index is 13.4. The molecule has 0 radical (unpaired) electrons. The Morgan fingerprint density at radius 3 is 1.74 bits per heavy atom. The van der Waals surface area contributed by atoms with Gasteiger partial charge in [-0.1, -0.05) is 67.0 Å². The van der Waals surface area contributed by atoms with Crippen molar-refractivity contribution in [3.05, 3.63) is 11.6 Å². The lowest BCUT2D eigenvalue weighted by molar-refractivity contribution is -0.166. The van der Waals surface area contributed by atoms with Crippen molar-refractivity contribution >= 4 is 5.97 Å². The highest BCUT2D eigenvalue weighted by molar-refractivity contribution is 5.74. The zero-order valence-corrected chi connectivity index (χ0v) is 24.3. The first kappa shape index (κ1) is 28.7. The minimum absolute atomic E-state index is 0.0541. The van der Waals surface area contributed by atoms with Crippen LogP contribution in [0.2, 0.25) is 0 Å². The molecule has 2 heterocycles. The lowest BCUT2D eigenvalue weighted by Gasteiger charge is -2.61. The van der Waals surface area contributed by atoms with Crippen molar-refractivity contribution in [2.75, 3.05) is 39.3 Å². The SMILES string of the molecule is CCCN1CCC(C2(C)C=C(C(C)(C)C)C(CC)C(C)(C3CCN(CCC)CC3)C2C(=O)O)CC1. The molecular formula is C31H56N2O2. The maximum absolute atomic E-state index is 13.4. The van der Waals surface area contributed by atoms with Crippen LogP contribution in [0.1, 0.15) is 100 Å². The summed E-state index contributed by atoms with van der Waals surface area (Å²) in [6.45, 7) is 25.5. The molecule has 2 fully saturated rings. The van der Waals surface area contributed by atoms with E-state index in [4.69, 9.17) is 0 Å². The summed E-state index contributed by atoms with van der Waals surface area (Å²) >= 11 is 0. The van der Waals surface area contributed by atoms with Gasteiger partial charge < -0.3 is 14.9 Å². The van der Waals surface area contributed by atoms with Gasteiger partial charge in [0, 0.05) is 5.41 Å². The van der Waals surface area contributed by atoms with Gasteiger partial charge >= 0.3 is 5.97 Å². The standard InChI is InChI=1S/C31H56N2O2/c1-9-16-32-18-12-23(13-19-32)30(7)22-26(29(4,5)6)25(11-3)31(8,27(30)28(34)35)24-14-20-33(17-10-2)21-15-24/h22-25,27H,9-21H2,1-8H3,(H,34,35). The second-order valence-corrected chi connectivity index (χ2v) is 13.5. The lowest BCUT2D eigenvalue weighted by atomic mass is 9.43. The number of likely N-dealkylation sites (tertiary alicyclic amines) is 2. The van der Waals surface area contributed by atoms with Crippen LogP contribution in [0.5, 0.6) is 0 Å². The van der Waals surface area contributed by atoms with E-state index in [0.29, 0.717) is 17.8 Å². The number of aliphatic carboxylic acids is 1. The molecule has 4 unspecified atom stereocenters. The Morgan fingerprint density at radius 2 is 1.37 bits per heavy atom. The quantitative estimate of drug-likeness (QED) is 0.375. The first-order valence-corrected chi connectivity index (χ1v) is 14.8. The fourth-order valence-electron chi connectivity index (χ4n) is 8.72. The van der Waals surface area contributed by atoms with Gasteiger partial charge in [0.25, 0.3) is 0 Å². The summed E-state index contributed by atoms with van der Waals surface area (Å²) < 4.78 is 0. The number of hydrogen-bond acceptors (Lipinski definition) is 3. The molecule has 0 aromatic rings. The first-order valence-electron chi connectivity index (χ1n) is 14.8. The highest BCUT2D eigenvalue weighted by Gasteiger charge is 2.62. The van der Waals surface area contributed by atoms with Crippen LogP contribution in [0.4, 0.5) is 0 Å². The maximum Gasteiger partial charge on any atom is 0.307 e. The lowest BCUT2D eigenvalue weighted by Crippen LogP contribution is -2.60. The smallest absolute Gasteiger partial charge is 0.307 e. The summed E-state index contributed by atoms with van der Waals surface area (Å²) in [4.78, 5) is 18.6. The number of nitrogens with zero attached hydrogens (tertiary/aromatic N) is 2. The molecule has 0 amide bonds. The molecule has 1 N–H and O–H groups in total. The van der Waals surface area contributed by atoms with Crippen molar-refractivity contribution in [2.24, 2.45) is 39.9 Å². The molecule has 0 aromatic carbocycles. The average molecular weight is 489 g/mol. The van der Waals surface area contributed by atoms with Crippen molar-refractivity contribution in [3.63, 3.8) is 0 Å². The minimum atomic E-state index is -0.551. The summed E-state index contributed by atoms with van der Waals surface area (Å²) in [5.41, 5.74) is 1.08. The third-order valence-corrected chi connectivity index (χ3v) is 10.4. The Morgan fingerprint density at radius 1 is 0.914 bits per heavy atom. The van der Waals surface area contributed by atoms with Crippen LogP contribution in [-0.2, 0) is 4.79 Å². The Bertz CT molecular complexity index is 740. The fraction of sp³-hybridized carbons (Fsp3) is 0.903. The third kappa shape index (κ3) is 5.54. The summed E-state index contributed by atoms with van der Waals surface area (Å²) in [6.07, 6.45) is 10.5. The Balaban J connectivity index is 2.07. The van der Waals surface area contributed by atoms with E-state index < -0.39 is 5.97 Å². The molecule has 4 atom stereocenters. The van der Waals surface area contributed by atoms with E-state index in [1.807, 2.05) is 0 Å². The molecule has 0 saturated carbocycles. The molecule has 0 bridgehead atoms. The number of hydrogen-bond donors (Lipinski definition) is 1. The first-order chi connectivity index (χ1) is 16.4. The molecule has 0 aromatic heterocycles. The van der Waals surface area contributed by atoms with Gasteiger partial charge in [-0.05, 0) is 113 Å². The Kier molecular flexibility index (Phi) is 9.23. The monoisotopic (exact) mass is 488 g/mol. The minimum Gasteiger partial charge on any atom is -0.481 e. The molecular weight excluding hydrogens is 432 g/mol. The largest absolute Gasteiger partial charge is 0.481 e. The van der Waals surface area contributed by atoms with Crippen LogP contribution in [0.3, 0.4) is 0 Å². The normalized spacial score (nSPS) is 34.7. The van der Waals surface area contributed by atoms with Gasteiger partial charge in [0.2, 0.25) is 0 Å². The Labute approximate surface area is 216 Å². The van der Waals surface area contributed by atoms with Crippen LogP contribution in [-0.4, -0.2) is 60.1 Å². The number of carboxylic acids is 1. The highest BCUT2D eigenvalue weighted by Crippen LogP contribution is 2.64. The van der Waals surface area contributed by atoms with Crippen LogP contribution >= 0.6 is 0 Å². The second-order valence-electron chi connectivity index (χ2n) is 13.5. The van der Waals surface area contributed by atoms with Crippen molar-refractivity contribution in [3.8, 4) is 0 Å². The number of carbonyl (C=O) groups is 1. The van der Waals surface area contributed by atoms with Crippen LogP contribution < -0.4 is 0 Å². The zero-order chi connectivity index (χ0) is 26.0. The highest BCUT2D eigenvalue weighted by atomic mass is 16.4. The van der Waals surface area contributed by atoms with E-state index >= 15 is 0 Å². The van der Waals surface area contributed by atoms with Gasteiger partial charge in [-0.2, -0.15) is 0 Å². The molecule has 2 aliphatic heterocycles. The van der Waals surface area contributed by atoms with Gasteiger partial charge in [0.05, 0.1) is 5.92 Å². The number of piperidine rings is 2. The predicted molar refractivity (Wildman–Crippen MR) is 148 cm³/mol. The van der Waals surface area contributed by atoms with E-state index in [-0.39, 0.29) is 22.2 Å². The van der Waals surface area contributed by atoms with Crippen LogP contribution in [0, 0.1) is 39.9 Å². The van der Waals surface area contributed by atoms with Gasteiger partial charge in [0.15, 0.2) is 0 Å². The Hall–Kier alpha value is -0.870. The molecule has 3 rings (SSSR count). The second kappa shape index (κ2) is 11.3. The molecule has 2 saturated heterocycles. The van der Waals surface area contributed by atoms with Crippen LogP contribution in [0.25, 0.3) is 0 Å². The molecule has 0 spiro atoms. The fourth-order valence-corrected chi connectivity index (χ4v) is 8.72. The summed E-state index contributed by atoms with van der Waals surface area (Å²) in [5.74, 6) is 0.360. The molecule has 35 heavy (non-hydrogen) atoms. The average Bonchev–Trinajstić information content (AvgIpc) is 2.79. The van der Waals surface area contributed by atoms with E-state index in [0.717, 1.165) is 58.3 Å². The van der Waals surface area contributed by atoms with Gasteiger partial charge in [0.1, 0.15) is 0 Å². The molecule has 202 valence electrons. The van der Waals surface area contributed by atoms with Gasteiger partial charge in [-0.25, -0.2) is 0 Å². The molecule has 4 nitrogen and oxygen atoms in total. The van der Waals surface area contributed by atoms with Crippen LogP contribution in [0.15, 0.2) is 11.6 Å². The van der Waals surface area contributed by atoms with Crippen molar-refractivity contribution in [1.29, 1.82) is 0 Å². The van der Waals surface area contributed by atoms with E-state index in [1.54, 1.807) is 0 Å². The van der Waals surface area contributed by atoms with Crippen molar-refractivity contribution < 1.29 is 9.90 Å². The predicted octanol–water partition coefficient (Wildman–Crippen LogP) is 6.96. The topological polar surface area (TPSA) is 43.8 Å². The van der Waals surface area contributed by atoms with Crippen molar-refractivity contribution in [2.45, 2.75) is 100 Å².